The number of allylic oxidation sites excluding steroid dienone is 2. The quantitative estimate of drug-likeness (QED) is 0.0839. The third kappa shape index (κ3) is 14.8. The van der Waals surface area contributed by atoms with Crippen LogP contribution in [0.3, 0.4) is 0 Å². The van der Waals surface area contributed by atoms with Crippen LogP contribution >= 0.6 is 7.82 Å². The van der Waals surface area contributed by atoms with Crippen molar-refractivity contribution in [3.05, 3.63) is 60.2 Å². The van der Waals surface area contributed by atoms with E-state index in [4.69, 9.17) is 14.3 Å². The molecule has 212 valence electrons. The third-order valence-corrected chi connectivity index (χ3v) is 7.31. The number of fused-ring (bicyclic) bond motifs is 1. The second-order valence-corrected chi connectivity index (χ2v) is 11.5. The van der Waals surface area contributed by atoms with Gasteiger partial charge in [0.25, 0.3) is 0 Å². The molecular formula is C31H48NO5P. The van der Waals surface area contributed by atoms with E-state index in [1.165, 1.54) is 57.8 Å². The molecule has 0 aliphatic rings. The number of carbonyl (C=O) groups is 1. The Morgan fingerprint density at radius 1 is 0.868 bits per heavy atom. The number of amides is 1. The van der Waals surface area contributed by atoms with E-state index in [9.17, 15) is 9.36 Å². The zero-order valence-electron chi connectivity index (χ0n) is 23.2. The molecule has 6 nitrogen and oxygen atoms in total. The van der Waals surface area contributed by atoms with Crippen molar-refractivity contribution in [1.82, 2.24) is 5.32 Å². The van der Waals surface area contributed by atoms with E-state index < -0.39 is 13.9 Å². The van der Waals surface area contributed by atoms with Crippen LogP contribution in [0.2, 0.25) is 0 Å². The Balaban J connectivity index is 1.64. The van der Waals surface area contributed by atoms with Gasteiger partial charge in [0.05, 0.1) is 12.6 Å². The highest BCUT2D eigenvalue weighted by molar-refractivity contribution is 7.46. The van der Waals surface area contributed by atoms with Crippen LogP contribution in [0.15, 0.2) is 54.6 Å². The first-order valence-corrected chi connectivity index (χ1v) is 16.0. The summed E-state index contributed by atoms with van der Waals surface area (Å²) in [6.07, 6.45) is 21.1. The van der Waals surface area contributed by atoms with Crippen molar-refractivity contribution in [2.24, 2.45) is 0 Å². The zero-order valence-corrected chi connectivity index (χ0v) is 24.0. The molecule has 0 aliphatic carbocycles. The Bertz CT molecular complexity index is 997. The Labute approximate surface area is 229 Å². The summed E-state index contributed by atoms with van der Waals surface area (Å²) < 4.78 is 16.0. The number of benzene rings is 2. The van der Waals surface area contributed by atoms with E-state index in [1.807, 2.05) is 42.5 Å². The van der Waals surface area contributed by atoms with Crippen LogP contribution in [0.4, 0.5) is 0 Å². The fourth-order valence-electron chi connectivity index (χ4n) is 4.73. The SMILES string of the molecule is CCCCCCCCC=CCCCCCCCC(=O)NC(COP(=O)(O)O)Cc1cccc2ccccc12. The van der Waals surface area contributed by atoms with Gasteiger partial charge in [0.15, 0.2) is 0 Å². The monoisotopic (exact) mass is 545 g/mol. The molecule has 0 aromatic heterocycles. The largest absolute Gasteiger partial charge is 0.469 e. The average Bonchev–Trinajstić information content (AvgIpc) is 2.89. The van der Waals surface area contributed by atoms with Crippen LogP contribution < -0.4 is 5.32 Å². The summed E-state index contributed by atoms with van der Waals surface area (Å²) in [6.45, 7) is 2.01. The lowest BCUT2D eigenvalue weighted by molar-refractivity contribution is -0.122. The van der Waals surface area contributed by atoms with Gasteiger partial charge in [0.2, 0.25) is 5.91 Å². The van der Waals surface area contributed by atoms with Crippen LogP contribution in [0.25, 0.3) is 10.8 Å². The molecule has 2 aromatic rings. The summed E-state index contributed by atoms with van der Waals surface area (Å²) in [5.41, 5.74) is 1.00. The number of phosphoric ester groups is 1. The average molecular weight is 546 g/mol. The summed E-state index contributed by atoms with van der Waals surface area (Å²) in [4.78, 5) is 30.9. The maximum atomic E-state index is 12.6. The fraction of sp³-hybridized carbons (Fsp3) is 0.581. The van der Waals surface area contributed by atoms with Crippen molar-refractivity contribution >= 4 is 24.5 Å². The molecule has 2 aromatic carbocycles. The minimum Gasteiger partial charge on any atom is -0.351 e. The standard InChI is InChI=1S/C31H48NO5P/c1-2-3-4-5-6-7-8-9-10-11-12-13-14-15-16-24-31(33)32-29(26-37-38(34,35)36)25-28-22-19-21-27-20-17-18-23-30(27)28/h9-10,17-23,29H,2-8,11-16,24-26H2,1H3,(H,32,33)(H2,34,35,36). The lowest BCUT2D eigenvalue weighted by atomic mass is 9.99. The van der Waals surface area contributed by atoms with Crippen molar-refractivity contribution in [3.63, 3.8) is 0 Å². The van der Waals surface area contributed by atoms with Crippen LogP contribution in [0.5, 0.6) is 0 Å². The molecular weight excluding hydrogens is 497 g/mol. The Morgan fingerprint density at radius 3 is 2.16 bits per heavy atom. The first kappa shape index (κ1) is 32.2. The maximum Gasteiger partial charge on any atom is 0.469 e. The molecule has 0 aliphatic heterocycles. The first-order valence-electron chi connectivity index (χ1n) is 14.5. The predicted octanol–water partition coefficient (Wildman–Crippen LogP) is 8.01. The third-order valence-electron chi connectivity index (χ3n) is 6.82. The molecule has 0 heterocycles. The van der Waals surface area contributed by atoms with E-state index in [-0.39, 0.29) is 12.5 Å². The molecule has 0 bridgehead atoms. The van der Waals surface area contributed by atoms with Crippen molar-refractivity contribution in [2.75, 3.05) is 6.61 Å². The van der Waals surface area contributed by atoms with Crippen molar-refractivity contribution in [2.45, 2.75) is 109 Å². The normalized spacial score (nSPS) is 12.8. The molecule has 7 heteroatoms. The lowest BCUT2D eigenvalue weighted by Gasteiger charge is -2.20. The van der Waals surface area contributed by atoms with E-state index in [1.54, 1.807) is 0 Å². The number of carbonyl (C=O) groups excluding carboxylic acids is 1. The second kappa shape index (κ2) is 19.1. The van der Waals surface area contributed by atoms with Gasteiger partial charge in [-0.3, -0.25) is 9.32 Å². The van der Waals surface area contributed by atoms with Gasteiger partial charge in [0, 0.05) is 6.42 Å². The van der Waals surface area contributed by atoms with Gasteiger partial charge in [-0.1, -0.05) is 113 Å². The first-order chi connectivity index (χ1) is 18.4. The smallest absolute Gasteiger partial charge is 0.351 e. The number of unbranched alkanes of at least 4 members (excludes halogenated alkanes) is 11. The van der Waals surface area contributed by atoms with E-state index in [0.717, 1.165) is 42.0 Å². The van der Waals surface area contributed by atoms with Gasteiger partial charge in [-0.2, -0.15) is 0 Å². The van der Waals surface area contributed by atoms with Crippen LogP contribution in [0.1, 0.15) is 102 Å². The van der Waals surface area contributed by atoms with E-state index in [2.05, 4.69) is 24.4 Å². The summed E-state index contributed by atoms with van der Waals surface area (Å²) in [5.74, 6) is -0.109. The maximum absolute atomic E-state index is 12.6. The van der Waals surface area contributed by atoms with Crippen LogP contribution in [-0.4, -0.2) is 28.3 Å². The minimum atomic E-state index is -4.63. The molecule has 0 saturated heterocycles. The minimum absolute atomic E-state index is 0.109. The van der Waals surface area contributed by atoms with Crippen LogP contribution in [-0.2, 0) is 20.3 Å². The van der Waals surface area contributed by atoms with Gasteiger partial charge in [0.1, 0.15) is 0 Å². The summed E-state index contributed by atoms with van der Waals surface area (Å²) in [6, 6.07) is 13.4. The summed E-state index contributed by atoms with van der Waals surface area (Å²) >= 11 is 0. The molecule has 1 unspecified atom stereocenters. The molecule has 1 amide bonds. The second-order valence-electron chi connectivity index (χ2n) is 10.2. The number of hydrogen-bond donors (Lipinski definition) is 3. The van der Waals surface area contributed by atoms with E-state index in [0.29, 0.717) is 12.8 Å². The molecule has 0 radical (unpaired) electrons. The highest BCUT2D eigenvalue weighted by atomic mass is 31.2. The molecule has 3 N–H and O–H groups in total. The molecule has 0 fully saturated rings. The predicted molar refractivity (Wildman–Crippen MR) is 157 cm³/mol. The van der Waals surface area contributed by atoms with Crippen molar-refractivity contribution < 1.29 is 23.7 Å². The fourth-order valence-corrected chi connectivity index (χ4v) is 5.10. The Kier molecular flexibility index (Phi) is 16.2. The summed E-state index contributed by atoms with van der Waals surface area (Å²) in [5, 5.41) is 5.08. The molecule has 2 rings (SSSR count). The van der Waals surface area contributed by atoms with Crippen molar-refractivity contribution in [1.29, 1.82) is 0 Å². The van der Waals surface area contributed by atoms with Gasteiger partial charge >= 0.3 is 7.82 Å². The zero-order chi connectivity index (χ0) is 27.5. The molecule has 0 saturated carbocycles. The van der Waals surface area contributed by atoms with Gasteiger partial charge in [-0.15, -0.1) is 0 Å². The topological polar surface area (TPSA) is 95.9 Å². The van der Waals surface area contributed by atoms with E-state index >= 15 is 0 Å². The number of rotatable bonds is 21. The van der Waals surface area contributed by atoms with Gasteiger partial charge in [-0.25, -0.2) is 4.57 Å². The molecule has 38 heavy (non-hydrogen) atoms. The van der Waals surface area contributed by atoms with Gasteiger partial charge in [-0.05, 0) is 54.9 Å². The Morgan fingerprint density at radius 2 is 1.47 bits per heavy atom. The number of phosphoric acid groups is 1. The summed E-state index contributed by atoms with van der Waals surface area (Å²) in [7, 11) is -4.63. The molecule has 1 atom stereocenters. The van der Waals surface area contributed by atoms with Gasteiger partial charge < -0.3 is 15.1 Å². The highest BCUT2D eigenvalue weighted by Crippen LogP contribution is 2.36. The van der Waals surface area contributed by atoms with Crippen molar-refractivity contribution in [3.8, 4) is 0 Å². The number of hydrogen-bond acceptors (Lipinski definition) is 3. The highest BCUT2D eigenvalue weighted by Gasteiger charge is 2.21. The lowest BCUT2D eigenvalue weighted by Crippen LogP contribution is -2.39. The molecule has 0 spiro atoms. The Hall–Kier alpha value is -1.98. The van der Waals surface area contributed by atoms with Crippen LogP contribution in [0, 0.1) is 0 Å². The number of nitrogens with one attached hydrogen (secondary N) is 1.